The SMILES string of the molecule is O=C(O)c1cc(C(F)(F)F)[nH]c(=S)n1. The summed E-state index contributed by atoms with van der Waals surface area (Å²) in [6, 6.07) is 0.387. The Bertz CT molecular complexity index is 426. The minimum Gasteiger partial charge on any atom is -0.477 e. The molecular weight excluding hydrogens is 221 g/mol. The molecule has 0 amide bonds. The number of aromatic carboxylic acids is 1. The van der Waals surface area contributed by atoms with Crippen molar-refractivity contribution in [1.29, 1.82) is 0 Å². The molecule has 2 N–H and O–H groups in total. The predicted molar refractivity (Wildman–Crippen MR) is 41.4 cm³/mol. The Kier molecular flexibility index (Phi) is 2.56. The molecule has 0 atom stereocenters. The number of nitrogens with zero attached hydrogens (tertiary/aromatic N) is 1. The van der Waals surface area contributed by atoms with Gasteiger partial charge in [0, 0.05) is 0 Å². The van der Waals surface area contributed by atoms with Crippen LogP contribution in [0.1, 0.15) is 16.2 Å². The van der Waals surface area contributed by atoms with E-state index < -0.39 is 28.3 Å². The van der Waals surface area contributed by atoms with Gasteiger partial charge in [0.1, 0.15) is 5.69 Å². The average molecular weight is 224 g/mol. The molecule has 8 heteroatoms. The first-order valence-electron chi connectivity index (χ1n) is 3.22. The summed E-state index contributed by atoms with van der Waals surface area (Å²) >= 11 is 4.35. The van der Waals surface area contributed by atoms with Gasteiger partial charge in [0.25, 0.3) is 0 Å². The molecule has 0 aromatic carbocycles. The highest BCUT2D eigenvalue weighted by Crippen LogP contribution is 2.27. The number of hydrogen-bond donors (Lipinski definition) is 2. The van der Waals surface area contributed by atoms with Gasteiger partial charge in [-0.3, -0.25) is 0 Å². The third kappa shape index (κ3) is 2.28. The van der Waals surface area contributed by atoms with Crippen molar-refractivity contribution in [3.8, 4) is 0 Å². The monoisotopic (exact) mass is 224 g/mol. The van der Waals surface area contributed by atoms with Crippen LogP contribution in [0.15, 0.2) is 6.07 Å². The van der Waals surface area contributed by atoms with E-state index in [0.29, 0.717) is 6.07 Å². The molecule has 1 heterocycles. The Morgan fingerprint density at radius 2 is 2.14 bits per heavy atom. The van der Waals surface area contributed by atoms with Crippen LogP contribution in [-0.2, 0) is 6.18 Å². The number of aromatic amines is 1. The average Bonchev–Trinajstić information content (AvgIpc) is 2.01. The molecule has 4 nitrogen and oxygen atoms in total. The quantitative estimate of drug-likeness (QED) is 0.714. The van der Waals surface area contributed by atoms with E-state index in [2.05, 4.69) is 17.2 Å². The van der Waals surface area contributed by atoms with Crippen LogP contribution in [-0.4, -0.2) is 21.0 Å². The second-order valence-corrected chi connectivity index (χ2v) is 2.67. The van der Waals surface area contributed by atoms with Crippen molar-refractivity contribution in [2.45, 2.75) is 6.18 Å². The van der Waals surface area contributed by atoms with Crippen LogP contribution < -0.4 is 0 Å². The maximum atomic E-state index is 12.1. The number of hydrogen-bond acceptors (Lipinski definition) is 3. The maximum absolute atomic E-state index is 12.1. The van der Waals surface area contributed by atoms with Crippen LogP contribution in [0.3, 0.4) is 0 Å². The number of halogens is 3. The zero-order valence-electron chi connectivity index (χ0n) is 6.42. The van der Waals surface area contributed by atoms with E-state index in [1.165, 1.54) is 0 Å². The smallest absolute Gasteiger partial charge is 0.431 e. The molecule has 0 saturated carbocycles. The fraction of sp³-hybridized carbons (Fsp3) is 0.167. The van der Waals surface area contributed by atoms with Crippen molar-refractivity contribution < 1.29 is 23.1 Å². The summed E-state index contributed by atoms with van der Waals surface area (Å²) in [6.07, 6.45) is -4.67. The first-order chi connectivity index (χ1) is 6.30. The second-order valence-electron chi connectivity index (χ2n) is 2.29. The van der Waals surface area contributed by atoms with Gasteiger partial charge in [-0.05, 0) is 18.3 Å². The van der Waals surface area contributed by atoms with Crippen LogP contribution >= 0.6 is 12.2 Å². The number of nitrogens with one attached hydrogen (secondary N) is 1. The molecule has 0 fully saturated rings. The number of carboxylic acid groups (broad SMARTS) is 1. The Labute approximate surface area is 80.4 Å². The highest BCUT2D eigenvalue weighted by atomic mass is 32.1. The zero-order valence-corrected chi connectivity index (χ0v) is 7.24. The van der Waals surface area contributed by atoms with E-state index in [4.69, 9.17) is 5.11 Å². The fourth-order valence-electron chi connectivity index (χ4n) is 0.720. The van der Waals surface area contributed by atoms with Gasteiger partial charge in [0.05, 0.1) is 0 Å². The topological polar surface area (TPSA) is 66.0 Å². The lowest BCUT2D eigenvalue weighted by Crippen LogP contribution is -2.12. The highest BCUT2D eigenvalue weighted by Gasteiger charge is 2.32. The van der Waals surface area contributed by atoms with Crippen molar-refractivity contribution in [2.24, 2.45) is 0 Å². The second kappa shape index (κ2) is 3.37. The summed E-state index contributed by atoms with van der Waals surface area (Å²) in [5, 5.41) is 8.41. The Morgan fingerprint density at radius 3 is 2.57 bits per heavy atom. The van der Waals surface area contributed by atoms with Crippen molar-refractivity contribution in [3.05, 3.63) is 22.2 Å². The van der Waals surface area contributed by atoms with E-state index in [1.54, 1.807) is 4.98 Å². The summed E-state index contributed by atoms with van der Waals surface area (Å²) in [5.74, 6) is -1.56. The molecule has 0 aliphatic carbocycles. The van der Waals surface area contributed by atoms with Gasteiger partial charge >= 0.3 is 12.1 Å². The molecule has 0 aliphatic heterocycles. The van der Waals surface area contributed by atoms with Crippen LogP contribution in [0.5, 0.6) is 0 Å². The van der Waals surface area contributed by atoms with Crippen LogP contribution in [0.2, 0.25) is 0 Å². The lowest BCUT2D eigenvalue weighted by Gasteiger charge is -2.06. The lowest BCUT2D eigenvalue weighted by molar-refractivity contribution is -0.141. The molecule has 1 aromatic heterocycles. The summed E-state index contributed by atoms with van der Waals surface area (Å²) in [4.78, 5) is 15.3. The number of aromatic nitrogens is 2. The molecule has 0 aliphatic rings. The minimum atomic E-state index is -4.67. The number of alkyl halides is 3. The third-order valence-corrected chi connectivity index (χ3v) is 1.46. The first-order valence-corrected chi connectivity index (χ1v) is 3.63. The third-order valence-electron chi connectivity index (χ3n) is 1.27. The molecular formula is C6H3F3N2O2S. The molecule has 0 unspecified atom stereocenters. The number of carbonyl (C=O) groups is 1. The summed E-state index contributed by atoms with van der Waals surface area (Å²) in [5.41, 5.74) is -1.96. The first kappa shape index (κ1) is 10.6. The Balaban J connectivity index is 3.35. The van der Waals surface area contributed by atoms with Crippen LogP contribution in [0, 0.1) is 4.77 Å². The normalized spacial score (nSPS) is 11.4. The molecule has 0 radical (unpaired) electrons. The van der Waals surface area contributed by atoms with Gasteiger partial charge in [-0.2, -0.15) is 13.2 Å². The molecule has 0 spiro atoms. The Morgan fingerprint density at radius 1 is 1.57 bits per heavy atom. The van der Waals surface area contributed by atoms with Gasteiger partial charge in [-0.15, -0.1) is 0 Å². The number of carboxylic acids is 1. The van der Waals surface area contributed by atoms with Gasteiger partial charge in [-0.1, -0.05) is 0 Å². The van der Waals surface area contributed by atoms with Gasteiger partial charge in [-0.25, -0.2) is 9.78 Å². The van der Waals surface area contributed by atoms with E-state index in [0.717, 1.165) is 0 Å². The van der Waals surface area contributed by atoms with Crippen molar-refractivity contribution in [3.63, 3.8) is 0 Å². The van der Waals surface area contributed by atoms with Crippen LogP contribution in [0.4, 0.5) is 13.2 Å². The standard InChI is InChI=1S/C6H3F3N2O2S/c7-6(8,9)3-1-2(4(12)13)10-5(14)11-3/h1H,(H,12,13)(H,10,11,14). The van der Waals surface area contributed by atoms with Gasteiger partial charge < -0.3 is 10.1 Å². The fourth-order valence-corrected chi connectivity index (χ4v) is 0.928. The van der Waals surface area contributed by atoms with Crippen molar-refractivity contribution in [1.82, 2.24) is 9.97 Å². The molecule has 76 valence electrons. The Hall–Kier alpha value is -1.44. The lowest BCUT2D eigenvalue weighted by atomic mass is 10.3. The van der Waals surface area contributed by atoms with E-state index in [9.17, 15) is 18.0 Å². The molecule has 1 rings (SSSR count). The van der Waals surface area contributed by atoms with Crippen molar-refractivity contribution in [2.75, 3.05) is 0 Å². The van der Waals surface area contributed by atoms with E-state index in [1.807, 2.05) is 0 Å². The maximum Gasteiger partial charge on any atom is 0.431 e. The highest BCUT2D eigenvalue weighted by molar-refractivity contribution is 7.71. The van der Waals surface area contributed by atoms with Crippen LogP contribution in [0.25, 0.3) is 0 Å². The number of H-pyrrole nitrogens is 1. The zero-order chi connectivity index (χ0) is 10.9. The van der Waals surface area contributed by atoms with E-state index >= 15 is 0 Å². The van der Waals surface area contributed by atoms with Gasteiger partial charge in [0.15, 0.2) is 10.5 Å². The summed E-state index contributed by atoms with van der Waals surface area (Å²) in [7, 11) is 0. The number of rotatable bonds is 1. The van der Waals surface area contributed by atoms with E-state index in [-0.39, 0.29) is 0 Å². The summed E-state index contributed by atoms with van der Waals surface area (Å²) < 4.78 is 35.8. The molecule has 14 heavy (non-hydrogen) atoms. The summed E-state index contributed by atoms with van der Waals surface area (Å²) in [6.45, 7) is 0. The van der Waals surface area contributed by atoms with Gasteiger partial charge in [0.2, 0.25) is 0 Å². The van der Waals surface area contributed by atoms with Crippen molar-refractivity contribution >= 4 is 18.2 Å². The predicted octanol–water partition coefficient (Wildman–Crippen LogP) is 1.86. The molecule has 0 bridgehead atoms. The molecule has 1 aromatic rings. The minimum absolute atomic E-state index is 0.387. The largest absolute Gasteiger partial charge is 0.477 e. The molecule has 0 saturated heterocycles.